The first-order chi connectivity index (χ1) is 6.77. The molecule has 0 bridgehead atoms. The molecule has 0 saturated carbocycles. The minimum absolute atomic E-state index is 0.595. The molecular formula is C8H12ClN3S2. The van der Waals surface area contributed by atoms with Gasteiger partial charge >= 0.3 is 0 Å². The van der Waals surface area contributed by atoms with Crippen LogP contribution in [0.2, 0.25) is 4.34 Å². The number of halogens is 1. The Morgan fingerprint density at radius 1 is 1.57 bits per heavy atom. The lowest BCUT2D eigenvalue weighted by Gasteiger charge is -2.15. The van der Waals surface area contributed by atoms with Crippen molar-refractivity contribution in [1.29, 1.82) is 0 Å². The van der Waals surface area contributed by atoms with Gasteiger partial charge < -0.3 is 5.32 Å². The molecule has 0 amide bonds. The van der Waals surface area contributed by atoms with Gasteiger partial charge in [0.05, 0.1) is 0 Å². The van der Waals surface area contributed by atoms with Crippen molar-refractivity contribution in [2.24, 2.45) is 5.92 Å². The molecule has 1 aliphatic rings. The maximum absolute atomic E-state index is 5.91. The highest BCUT2D eigenvalue weighted by atomic mass is 35.5. The molecule has 2 heterocycles. The van der Waals surface area contributed by atoms with Crippen molar-refractivity contribution in [3.63, 3.8) is 0 Å². The van der Waals surface area contributed by atoms with E-state index in [1.54, 1.807) is 0 Å². The summed E-state index contributed by atoms with van der Waals surface area (Å²) in [5.41, 5.74) is 0.876. The van der Waals surface area contributed by atoms with Crippen molar-refractivity contribution in [2.45, 2.75) is 19.5 Å². The highest BCUT2D eigenvalue weighted by Crippen LogP contribution is 2.24. The van der Waals surface area contributed by atoms with Crippen molar-refractivity contribution in [3.8, 4) is 0 Å². The Labute approximate surface area is 96.8 Å². The topological polar surface area (TPSA) is 37.8 Å². The van der Waals surface area contributed by atoms with Gasteiger partial charge in [-0.3, -0.25) is 0 Å². The van der Waals surface area contributed by atoms with Crippen molar-refractivity contribution in [3.05, 3.63) is 10.0 Å². The smallest absolute Gasteiger partial charge is 0.138 e. The molecule has 1 saturated heterocycles. The van der Waals surface area contributed by atoms with Crippen LogP contribution in [0.1, 0.15) is 12.6 Å². The van der Waals surface area contributed by atoms with Gasteiger partial charge in [-0.05, 0) is 11.7 Å². The molecule has 0 aliphatic carbocycles. The van der Waals surface area contributed by atoms with E-state index < -0.39 is 0 Å². The largest absolute Gasteiger partial charge is 0.307 e. The van der Waals surface area contributed by atoms with Crippen LogP contribution < -0.4 is 5.32 Å². The summed E-state index contributed by atoms with van der Waals surface area (Å²) >= 11 is 9.16. The zero-order chi connectivity index (χ0) is 9.97. The highest BCUT2D eigenvalue weighted by molar-refractivity contribution is 7.99. The van der Waals surface area contributed by atoms with Crippen LogP contribution in [-0.2, 0) is 6.54 Å². The van der Waals surface area contributed by atoms with E-state index in [-0.39, 0.29) is 0 Å². The first-order valence-electron chi connectivity index (χ1n) is 4.55. The lowest BCUT2D eigenvalue weighted by Crippen LogP contribution is -2.33. The average molecular weight is 250 g/mol. The molecule has 6 heteroatoms. The fourth-order valence-electron chi connectivity index (χ4n) is 1.45. The summed E-state index contributed by atoms with van der Waals surface area (Å²) in [6.45, 7) is 3.02. The summed E-state index contributed by atoms with van der Waals surface area (Å²) in [6.07, 6.45) is 0. The van der Waals surface area contributed by atoms with Gasteiger partial charge in [-0.15, -0.1) is 5.10 Å². The predicted molar refractivity (Wildman–Crippen MR) is 62.0 cm³/mol. The van der Waals surface area contributed by atoms with Crippen LogP contribution in [0.5, 0.6) is 0 Å². The zero-order valence-electron chi connectivity index (χ0n) is 7.86. The van der Waals surface area contributed by atoms with Crippen molar-refractivity contribution in [1.82, 2.24) is 14.9 Å². The number of nitrogens with zero attached hydrogens (tertiary/aromatic N) is 2. The van der Waals surface area contributed by atoms with Gasteiger partial charge in [-0.2, -0.15) is 11.8 Å². The monoisotopic (exact) mass is 249 g/mol. The van der Waals surface area contributed by atoms with E-state index in [1.165, 1.54) is 23.0 Å². The van der Waals surface area contributed by atoms with Crippen LogP contribution in [0, 0.1) is 5.92 Å². The molecule has 0 aromatic carbocycles. The molecule has 2 unspecified atom stereocenters. The number of nitrogens with one attached hydrogen (secondary N) is 1. The second kappa shape index (κ2) is 4.79. The van der Waals surface area contributed by atoms with E-state index in [0.717, 1.165) is 18.2 Å². The molecule has 0 spiro atoms. The second-order valence-electron chi connectivity index (χ2n) is 3.50. The molecule has 2 atom stereocenters. The zero-order valence-corrected chi connectivity index (χ0v) is 10.3. The van der Waals surface area contributed by atoms with Crippen LogP contribution in [0.3, 0.4) is 0 Å². The highest BCUT2D eigenvalue weighted by Gasteiger charge is 2.23. The molecule has 78 valence electrons. The quantitative estimate of drug-likeness (QED) is 0.890. The van der Waals surface area contributed by atoms with Crippen LogP contribution in [-0.4, -0.2) is 27.1 Å². The molecular weight excluding hydrogens is 238 g/mol. The third-order valence-corrected chi connectivity index (χ3v) is 4.75. The summed E-state index contributed by atoms with van der Waals surface area (Å²) in [7, 11) is 0. The first-order valence-corrected chi connectivity index (χ1v) is 6.86. The number of thioether (sulfide) groups is 1. The van der Waals surface area contributed by atoms with Crippen LogP contribution >= 0.6 is 34.9 Å². The van der Waals surface area contributed by atoms with Crippen LogP contribution in [0.25, 0.3) is 0 Å². The van der Waals surface area contributed by atoms with E-state index in [0.29, 0.717) is 10.4 Å². The Morgan fingerprint density at radius 2 is 2.43 bits per heavy atom. The molecule has 1 aromatic rings. The predicted octanol–water partition coefficient (Wildman–Crippen LogP) is 2.03. The number of hydrogen-bond acceptors (Lipinski definition) is 5. The standard InChI is InChI=1S/C8H12ClN3S2/c1-5-3-13-4-7(5)10-2-6-8(9)14-12-11-6/h5,7,10H,2-4H2,1H3. The number of rotatable bonds is 3. The third-order valence-electron chi connectivity index (χ3n) is 2.41. The Morgan fingerprint density at radius 3 is 3.00 bits per heavy atom. The molecule has 14 heavy (non-hydrogen) atoms. The normalized spacial score (nSPS) is 27.0. The van der Waals surface area contributed by atoms with Crippen molar-refractivity contribution in [2.75, 3.05) is 11.5 Å². The van der Waals surface area contributed by atoms with E-state index in [2.05, 4.69) is 21.8 Å². The number of aromatic nitrogens is 2. The van der Waals surface area contributed by atoms with Crippen LogP contribution in [0.4, 0.5) is 0 Å². The summed E-state index contributed by atoms with van der Waals surface area (Å²) in [5, 5.41) is 7.44. The molecule has 1 N–H and O–H groups in total. The average Bonchev–Trinajstić information content (AvgIpc) is 2.72. The van der Waals surface area contributed by atoms with Crippen molar-refractivity contribution < 1.29 is 0 Å². The fourth-order valence-corrected chi connectivity index (χ4v) is 3.52. The maximum atomic E-state index is 5.91. The summed E-state index contributed by atoms with van der Waals surface area (Å²) < 4.78 is 4.50. The van der Waals surface area contributed by atoms with E-state index >= 15 is 0 Å². The molecule has 1 fully saturated rings. The Bertz CT molecular complexity index is 305. The van der Waals surface area contributed by atoms with Gasteiger partial charge in [0.25, 0.3) is 0 Å². The van der Waals surface area contributed by atoms with Crippen LogP contribution in [0.15, 0.2) is 0 Å². The maximum Gasteiger partial charge on any atom is 0.138 e. The summed E-state index contributed by atoms with van der Waals surface area (Å²) in [4.78, 5) is 0. The molecule has 1 aromatic heterocycles. The fraction of sp³-hybridized carbons (Fsp3) is 0.750. The van der Waals surface area contributed by atoms with E-state index in [1.807, 2.05) is 11.8 Å². The third kappa shape index (κ3) is 2.39. The number of hydrogen-bond donors (Lipinski definition) is 1. The van der Waals surface area contributed by atoms with Gasteiger partial charge in [0, 0.05) is 29.9 Å². The van der Waals surface area contributed by atoms with Crippen molar-refractivity contribution >= 4 is 34.9 Å². The SMILES string of the molecule is CC1CSCC1NCc1nnsc1Cl. The summed E-state index contributed by atoms with van der Waals surface area (Å²) in [6, 6.07) is 0.595. The van der Waals surface area contributed by atoms with Gasteiger partial charge in [0.1, 0.15) is 10.0 Å². The molecule has 0 radical (unpaired) electrons. The second-order valence-corrected chi connectivity index (χ2v) is 5.93. The van der Waals surface area contributed by atoms with E-state index in [4.69, 9.17) is 11.6 Å². The minimum Gasteiger partial charge on any atom is -0.307 e. The Kier molecular flexibility index (Phi) is 3.65. The van der Waals surface area contributed by atoms with Gasteiger partial charge in [0.2, 0.25) is 0 Å². The molecule has 1 aliphatic heterocycles. The van der Waals surface area contributed by atoms with Gasteiger partial charge in [0.15, 0.2) is 0 Å². The lowest BCUT2D eigenvalue weighted by atomic mass is 10.1. The summed E-state index contributed by atoms with van der Waals surface area (Å²) in [5.74, 6) is 3.18. The Balaban J connectivity index is 1.85. The first kappa shape index (κ1) is 10.7. The minimum atomic E-state index is 0.595. The van der Waals surface area contributed by atoms with E-state index in [9.17, 15) is 0 Å². The van der Waals surface area contributed by atoms with Gasteiger partial charge in [-0.25, -0.2) is 0 Å². The lowest BCUT2D eigenvalue weighted by molar-refractivity contribution is 0.450. The Hall–Kier alpha value is 0.160. The molecule has 2 rings (SSSR count). The molecule has 3 nitrogen and oxygen atoms in total. The van der Waals surface area contributed by atoms with Gasteiger partial charge in [-0.1, -0.05) is 23.0 Å².